The number of carbonyl (C=O) groups excluding carboxylic acids is 4. The molecule has 2 aromatic carbocycles. The van der Waals surface area contributed by atoms with Gasteiger partial charge in [0.05, 0.1) is 16.5 Å². The van der Waals surface area contributed by atoms with E-state index in [4.69, 9.17) is 15.3 Å². The number of benzene rings is 2. The molecule has 3 aliphatic rings. The van der Waals surface area contributed by atoms with Gasteiger partial charge < -0.3 is 35.3 Å². The molecular weight excluding hydrogens is 865 g/mol. The quantitative estimate of drug-likeness (QED) is 0.113. The van der Waals surface area contributed by atoms with Crippen molar-refractivity contribution in [2.45, 2.75) is 112 Å². The zero-order valence-corrected chi connectivity index (χ0v) is 41.5. The summed E-state index contributed by atoms with van der Waals surface area (Å²) in [5.74, 6) is -2.34. The van der Waals surface area contributed by atoms with Crippen molar-refractivity contribution in [1.82, 2.24) is 30.1 Å². The molecule has 6 bridgehead atoms. The van der Waals surface area contributed by atoms with Crippen LogP contribution < -0.4 is 16.5 Å². The molecule has 4 amide bonds. The summed E-state index contributed by atoms with van der Waals surface area (Å²) >= 11 is 0. The SMILES string of the molecule is C=C/C=C\C(=C(/N)CCCOC)c1c2c3cc(ccc3n1CC)-c1cc(O)cc(c1)C[C@H](NC(=O)[C@H](C(C)C)N(C)C(=O)[C@@H]1CN(C(C)=O)C[C@@H]1C)C(=O)N1CCC[C@H](N1)[N+](=O)OCC(C)(C)C2. The molecule has 3 aliphatic heterocycles. The number of nitrogens with one attached hydrogen (secondary N) is 2. The maximum atomic E-state index is 14.7. The lowest BCUT2D eigenvalue weighted by molar-refractivity contribution is -0.835. The van der Waals surface area contributed by atoms with Crippen LogP contribution in [-0.2, 0) is 48.1 Å². The number of nitrogens with zero attached hydrogens (tertiary/aromatic N) is 5. The van der Waals surface area contributed by atoms with E-state index in [9.17, 15) is 29.2 Å². The van der Waals surface area contributed by atoms with Gasteiger partial charge in [-0.1, -0.05) is 71.6 Å². The van der Waals surface area contributed by atoms with Crippen LogP contribution in [0.1, 0.15) is 91.0 Å². The van der Waals surface area contributed by atoms with Crippen LogP contribution >= 0.6 is 0 Å². The Balaban J connectivity index is 1.46. The van der Waals surface area contributed by atoms with Crippen molar-refractivity contribution in [3.05, 3.63) is 88.6 Å². The van der Waals surface area contributed by atoms with Gasteiger partial charge in [0.25, 0.3) is 5.91 Å². The van der Waals surface area contributed by atoms with E-state index in [2.05, 4.69) is 54.8 Å². The molecule has 0 radical (unpaired) electrons. The number of aryl methyl sites for hydroxylation is 1. The minimum absolute atomic E-state index is 0.0210. The summed E-state index contributed by atoms with van der Waals surface area (Å²) < 4.78 is 7.63. The number of aromatic nitrogens is 1. The average molecular weight is 938 g/mol. The fourth-order valence-corrected chi connectivity index (χ4v) is 10.1. The van der Waals surface area contributed by atoms with Gasteiger partial charge in [-0.3, -0.25) is 24.2 Å². The number of nitrogens with two attached hydrogens (primary N) is 1. The van der Waals surface area contributed by atoms with Gasteiger partial charge in [-0.05, 0) is 91.0 Å². The normalized spacial score (nSPS) is 21.9. The van der Waals surface area contributed by atoms with Gasteiger partial charge in [0.1, 0.15) is 17.8 Å². The standard InChI is InChI=1S/C52H72N8O8/c1-11-13-16-39(43(53)17-15-22-67-10)48-41-28-52(7,8)31-68-60(66)46-18-14-21-59(55-46)51(65)44(25-35-23-37(26-38(62)24-35)36-19-20-45(40(41)27-36)58(48)12-2)54-49(63)47(32(3)4)56(9)50(64)42-30-57(34(6)61)29-33(42)5/h11,13,16,19-20,23-24,26-27,32-33,42,44,46-47,55H,1,12,14-15,17-18,21-22,25,28-31,53H2,2-10H3,(H-,54,62,63)/p+1/b16-13-,43-39+/t33-,42+,44-,46+,47-/m0/s1. The molecule has 2 saturated heterocycles. The van der Waals surface area contributed by atoms with E-state index in [1.165, 1.54) is 16.8 Å². The van der Waals surface area contributed by atoms with E-state index in [1.54, 1.807) is 37.3 Å². The van der Waals surface area contributed by atoms with Crippen LogP contribution in [0.4, 0.5) is 0 Å². The Bertz CT molecular complexity index is 2460. The van der Waals surface area contributed by atoms with Crippen molar-refractivity contribution >= 4 is 40.1 Å². The Morgan fingerprint density at radius 2 is 1.91 bits per heavy atom. The Kier molecular flexibility index (Phi) is 16.6. The van der Waals surface area contributed by atoms with Gasteiger partial charge in [-0.15, -0.1) is 0 Å². The van der Waals surface area contributed by atoms with Gasteiger partial charge in [0.2, 0.25) is 22.6 Å². The number of likely N-dealkylation sites (tertiary alicyclic amines) is 1. The van der Waals surface area contributed by atoms with Crippen molar-refractivity contribution in [3.63, 3.8) is 0 Å². The number of ether oxygens (including phenoxy) is 1. The second kappa shape index (κ2) is 22.0. The van der Waals surface area contributed by atoms with Gasteiger partial charge in [-0.25, -0.2) is 4.84 Å². The molecule has 0 saturated carbocycles. The molecule has 0 spiro atoms. The molecule has 68 heavy (non-hydrogen) atoms. The molecule has 5 atom stereocenters. The van der Waals surface area contributed by atoms with Gasteiger partial charge in [0, 0.05) is 94.3 Å². The molecule has 368 valence electrons. The number of aromatic hydroxyl groups is 1. The summed E-state index contributed by atoms with van der Waals surface area (Å²) in [4.78, 5) is 79.2. The van der Waals surface area contributed by atoms with Crippen LogP contribution in [0, 0.1) is 28.1 Å². The summed E-state index contributed by atoms with van der Waals surface area (Å²) in [6.07, 6.45) is 7.39. The third-order valence-electron chi connectivity index (χ3n) is 13.6. The number of phenolic OH excluding ortho intramolecular Hbond substituents is 1. The van der Waals surface area contributed by atoms with E-state index in [0.717, 1.165) is 39.7 Å². The molecule has 16 heteroatoms. The first-order valence-electron chi connectivity index (χ1n) is 24.0. The van der Waals surface area contributed by atoms with E-state index >= 15 is 0 Å². The molecule has 16 nitrogen and oxygen atoms in total. The van der Waals surface area contributed by atoms with Crippen LogP contribution in [0.5, 0.6) is 5.75 Å². The van der Waals surface area contributed by atoms with Gasteiger partial charge in [0.15, 0.2) is 6.61 Å². The molecule has 3 aromatic rings. The highest BCUT2D eigenvalue weighted by molar-refractivity contribution is 5.96. The maximum Gasteiger partial charge on any atom is 0.326 e. The summed E-state index contributed by atoms with van der Waals surface area (Å²) in [6.45, 7) is 19.4. The van der Waals surface area contributed by atoms with Crippen molar-refractivity contribution < 1.29 is 38.8 Å². The first-order valence-corrected chi connectivity index (χ1v) is 24.0. The second-order valence-electron chi connectivity index (χ2n) is 19.9. The van der Waals surface area contributed by atoms with Crippen molar-refractivity contribution in [1.29, 1.82) is 0 Å². The minimum Gasteiger partial charge on any atom is -0.508 e. The lowest BCUT2D eigenvalue weighted by Gasteiger charge is -2.35. The first kappa shape index (κ1) is 51.4. The Hall–Kier alpha value is -6.00. The number of phenols is 1. The number of hydrogen-bond donors (Lipinski definition) is 4. The van der Waals surface area contributed by atoms with Gasteiger partial charge >= 0.3 is 6.17 Å². The topological polar surface area (TPSA) is 192 Å². The number of methoxy groups -OCH3 is 1. The van der Waals surface area contributed by atoms with Crippen molar-refractivity contribution in [3.8, 4) is 16.9 Å². The zero-order chi connectivity index (χ0) is 49.6. The Labute approximate surface area is 401 Å². The van der Waals surface area contributed by atoms with E-state index < -0.39 is 41.4 Å². The number of rotatable bonds is 13. The fraction of sp³-hybridized carbons (Fsp3) is 0.538. The van der Waals surface area contributed by atoms with Gasteiger partial charge in [-0.2, -0.15) is 5.43 Å². The number of amides is 4. The number of hydrogen-bond acceptors (Lipinski definition) is 10. The molecule has 4 heterocycles. The average Bonchev–Trinajstić information content (AvgIpc) is 3.83. The van der Waals surface area contributed by atoms with E-state index in [1.807, 2.05) is 45.1 Å². The molecule has 6 rings (SSSR count). The predicted octanol–water partition coefficient (Wildman–Crippen LogP) is 6.24. The third-order valence-corrected chi connectivity index (χ3v) is 13.6. The van der Waals surface area contributed by atoms with E-state index in [0.29, 0.717) is 67.1 Å². The lowest BCUT2D eigenvalue weighted by Crippen LogP contribution is -2.62. The summed E-state index contributed by atoms with van der Waals surface area (Å²) in [5.41, 5.74) is 16.1. The molecular formula is C52H73N8O8+. The second-order valence-corrected chi connectivity index (χ2v) is 19.9. The number of likely N-dealkylation sites (N-methyl/N-ethyl adjacent to an activating group) is 1. The van der Waals surface area contributed by atoms with Crippen LogP contribution in [0.15, 0.2) is 66.9 Å². The molecule has 0 aliphatic carbocycles. The zero-order valence-electron chi connectivity index (χ0n) is 41.5. The van der Waals surface area contributed by atoms with Crippen molar-refractivity contribution in [2.75, 3.05) is 47.0 Å². The maximum absolute atomic E-state index is 14.7. The number of fused-ring (bicyclic) bond motifs is 6. The fourth-order valence-electron chi connectivity index (χ4n) is 10.1. The monoisotopic (exact) mass is 938 g/mol. The number of carbonyl (C=O) groups is 4. The van der Waals surface area contributed by atoms with Crippen LogP contribution in [0.25, 0.3) is 27.6 Å². The highest BCUT2D eigenvalue weighted by Gasteiger charge is 2.43. The Morgan fingerprint density at radius 1 is 1.16 bits per heavy atom. The highest BCUT2D eigenvalue weighted by atomic mass is 16.8. The predicted molar refractivity (Wildman–Crippen MR) is 263 cm³/mol. The largest absolute Gasteiger partial charge is 0.508 e. The minimum atomic E-state index is -1.18. The molecule has 0 unspecified atom stereocenters. The first-order chi connectivity index (χ1) is 32.3. The molecule has 1 aromatic heterocycles. The third kappa shape index (κ3) is 11.5. The van der Waals surface area contributed by atoms with Crippen LogP contribution in [0.2, 0.25) is 0 Å². The number of allylic oxidation sites excluding steroid dienone is 5. The van der Waals surface area contributed by atoms with Crippen LogP contribution in [-0.4, -0.2) is 118 Å². The highest BCUT2D eigenvalue weighted by Crippen LogP contribution is 2.40. The summed E-state index contributed by atoms with van der Waals surface area (Å²) in [5, 5.41) is 16.7. The van der Waals surface area contributed by atoms with Crippen molar-refractivity contribution in [2.24, 2.45) is 28.9 Å². The van der Waals surface area contributed by atoms with Crippen LogP contribution in [0.3, 0.4) is 0 Å². The summed E-state index contributed by atoms with van der Waals surface area (Å²) in [7, 11) is 3.27. The number of hydrazine groups is 1. The smallest absolute Gasteiger partial charge is 0.326 e. The summed E-state index contributed by atoms with van der Waals surface area (Å²) in [6, 6.07) is 9.25. The Morgan fingerprint density at radius 3 is 2.57 bits per heavy atom. The molecule has 5 N–H and O–H groups in total. The lowest BCUT2D eigenvalue weighted by atomic mass is 9.84. The van der Waals surface area contributed by atoms with E-state index in [-0.39, 0.29) is 55.5 Å². The molecule has 2 fully saturated rings.